The van der Waals surface area contributed by atoms with Crippen LogP contribution in [0.1, 0.15) is 45.1 Å². The summed E-state index contributed by atoms with van der Waals surface area (Å²) in [5.41, 5.74) is 6.67. The van der Waals surface area contributed by atoms with Gasteiger partial charge in [0, 0.05) is 19.1 Å². The predicted octanol–water partition coefficient (Wildman–Crippen LogP) is 3.32. The quantitative estimate of drug-likeness (QED) is 0.737. The highest BCUT2D eigenvalue weighted by molar-refractivity contribution is 8.29. The molecule has 0 aliphatic carbocycles. The molecule has 2 aliphatic heterocycles. The van der Waals surface area contributed by atoms with E-state index in [0.717, 1.165) is 34.3 Å². The second-order valence-corrected chi connectivity index (χ2v) is 8.97. The Labute approximate surface area is 180 Å². The molecule has 0 bridgehead atoms. The molecule has 10 heteroatoms. The van der Waals surface area contributed by atoms with Gasteiger partial charge < -0.3 is 4.42 Å². The summed E-state index contributed by atoms with van der Waals surface area (Å²) < 4.78 is 6.09. The standard InChI is InChI=1S/C19H29N7OS2/c1-4-20-18-24-22-11-16(23-25-19(21-5-2)29-13-28-18)17-9-8-15(27-17)12-26-10-6-7-14(26)3/h8-9,11,14H,4-7,10,12-13H2,1-3H3,(H,20,24)(H,21,25)/b22-11+,23-16-. The smallest absolute Gasteiger partial charge is 0.177 e. The summed E-state index contributed by atoms with van der Waals surface area (Å²) in [6, 6.07) is 4.57. The zero-order chi connectivity index (χ0) is 20.5. The lowest BCUT2D eigenvalue weighted by molar-refractivity contribution is 0.238. The van der Waals surface area contributed by atoms with Crippen LogP contribution in [0.5, 0.6) is 0 Å². The number of hydrogen-bond acceptors (Lipinski definition) is 8. The van der Waals surface area contributed by atoms with Crippen molar-refractivity contribution < 1.29 is 4.42 Å². The predicted molar refractivity (Wildman–Crippen MR) is 125 cm³/mol. The molecule has 1 aromatic heterocycles. The zero-order valence-electron chi connectivity index (χ0n) is 17.2. The van der Waals surface area contributed by atoms with E-state index in [1.54, 1.807) is 29.7 Å². The van der Waals surface area contributed by atoms with E-state index in [1.165, 1.54) is 12.8 Å². The molecule has 158 valence electrons. The molecule has 0 amide bonds. The van der Waals surface area contributed by atoms with Crippen LogP contribution < -0.4 is 10.9 Å². The summed E-state index contributed by atoms with van der Waals surface area (Å²) in [4.78, 5) is 11.4. The lowest BCUT2D eigenvalue weighted by Crippen LogP contribution is -2.25. The van der Waals surface area contributed by atoms with Gasteiger partial charge in [-0.1, -0.05) is 23.5 Å². The minimum atomic E-state index is 0.601. The maximum absolute atomic E-state index is 6.09. The van der Waals surface area contributed by atoms with Crippen LogP contribution in [0.25, 0.3) is 0 Å². The van der Waals surface area contributed by atoms with E-state index in [9.17, 15) is 0 Å². The van der Waals surface area contributed by atoms with E-state index < -0.39 is 0 Å². The number of furan rings is 1. The zero-order valence-corrected chi connectivity index (χ0v) is 18.9. The van der Waals surface area contributed by atoms with E-state index >= 15 is 0 Å². The minimum Gasteiger partial charge on any atom is -0.458 e. The van der Waals surface area contributed by atoms with E-state index in [1.807, 2.05) is 26.0 Å². The van der Waals surface area contributed by atoms with Gasteiger partial charge in [-0.25, -0.2) is 0 Å². The Morgan fingerprint density at radius 2 is 1.93 bits per heavy atom. The maximum Gasteiger partial charge on any atom is 0.177 e. The molecular formula is C19H29N7OS2. The van der Waals surface area contributed by atoms with Crippen LogP contribution in [0.2, 0.25) is 0 Å². The summed E-state index contributed by atoms with van der Waals surface area (Å²) in [6.45, 7) is 9.60. The second kappa shape index (κ2) is 11.4. The molecule has 2 N–H and O–H groups in total. The molecule has 2 aliphatic rings. The van der Waals surface area contributed by atoms with Crippen LogP contribution in [0.3, 0.4) is 0 Å². The van der Waals surface area contributed by atoms with Crippen LogP contribution >= 0.6 is 23.5 Å². The van der Waals surface area contributed by atoms with Crippen molar-refractivity contribution in [3.05, 3.63) is 23.7 Å². The Morgan fingerprint density at radius 3 is 2.62 bits per heavy atom. The third-order valence-electron chi connectivity index (χ3n) is 4.58. The van der Waals surface area contributed by atoms with Gasteiger partial charge in [0.2, 0.25) is 0 Å². The van der Waals surface area contributed by atoms with Gasteiger partial charge in [-0.05, 0) is 52.3 Å². The second-order valence-electron chi connectivity index (χ2n) is 6.67. The Bertz CT molecular complexity index is 787. The van der Waals surface area contributed by atoms with Gasteiger partial charge in [-0.2, -0.15) is 10.2 Å². The van der Waals surface area contributed by atoms with E-state index in [2.05, 4.69) is 42.9 Å². The Balaban J connectivity index is 1.79. The summed E-state index contributed by atoms with van der Waals surface area (Å²) in [7, 11) is 0. The van der Waals surface area contributed by atoms with Crippen LogP contribution in [0.4, 0.5) is 0 Å². The first-order chi connectivity index (χ1) is 14.2. The number of hydrazone groups is 2. The summed E-state index contributed by atoms with van der Waals surface area (Å²) in [5.74, 6) is 1.61. The number of likely N-dealkylation sites (tertiary alicyclic amines) is 1. The molecule has 0 aromatic carbocycles. The van der Waals surface area contributed by atoms with Crippen molar-refractivity contribution in [3.63, 3.8) is 0 Å². The van der Waals surface area contributed by atoms with Gasteiger partial charge in [0.15, 0.2) is 16.1 Å². The Morgan fingerprint density at radius 1 is 1.17 bits per heavy atom. The van der Waals surface area contributed by atoms with Crippen LogP contribution in [0, 0.1) is 0 Å². The highest BCUT2D eigenvalue weighted by atomic mass is 32.2. The lowest BCUT2D eigenvalue weighted by Gasteiger charge is -2.19. The van der Waals surface area contributed by atoms with Crippen molar-refractivity contribution in [1.29, 1.82) is 0 Å². The highest BCUT2D eigenvalue weighted by Crippen LogP contribution is 2.21. The molecule has 1 aromatic rings. The van der Waals surface area contributed by atoms with Crippen molar-refractivity contribution in [2.24, 2.45) is 20.2 Å². The molecule has 1 atom stereocenters. The number of aliphatic imine (C=N–C) groups is 2. The van der Waals surface area contributed by atoms with E-state index in [-0.39, 0.29) is 0 Å². The third kappa shape index (κ3) is 6.61. The van der Waals surface area contributed by atoms with Crippen molar-refractivity contribution in [3.8, 4) is 0 Å². The summed E-state index contributed by atoms with van der Waals surface area (Å²) in [5, 5.41) is 11.1. The monoisotopic (exact) mass is 435 g/mol. The molecule has 3 rings (SSSR count). The number of hydrogen-bond donors (Lipinski definition) is 2. The van der Waals surface area contributed by atoms with Gasteiger partial charge in [-0.15, -0.1) is 0 Å². The Kier molecular flexibility index (Phi) is 8.63. The van der Waals surface area contributed by atoms with Gasteiger partial charge in [-0.3, -0.25) is 25.7 Å². The molecule has 1 unspecified atom stereocenters. The molecule has 1 saturated heterocycles. The van der Waals surface area contributed by atoms with Gasteiger partial charge in [0.25, 0.3) is 0 Å². The van der Waals surface area contributed by atoms with Crippen molar-refractivity contribution in [2.45, 2.75) is 46.2 Å². The normalized spacial score (nSPS) is 27.1. The maximum atomic E-state index is 6.09. The first-order valence-corrected chi connectivity index (χ1v) is 12.0. The average molecular weight is 436 g/mol. The van der Waals surface area contributed by atoms with Crippen LogP contribution in [-0.2, 0) is 6.54 Å². The van der Waals surface area contributed by atoms with Gasteiger partial charge in [0.1, 0.15) is 11.5 Å². The fourth-order valence-electron chi connectivity index (χ4n) is 3.09. The summed E-state index contributed by atoms with van der Waals surface area (Å²) >= 11 is 3.18. The van der Waals surface area contributed by atoms with Crippen LogP contribution in [-0.4, -0.2) is 57.9 Å². The number of nitrogens with one attached hydrogen (secondary N) is 2. The molecule has 0 saturated carbocycles. The SMILES string of the molecule is CCN=C1N/N=C(c2ccc(CN3CCCC3C)o2)/C=N/NC(=NCC)SCS1. The molecule has 0 radical (unpaired) electrons. The fourth-order valence-corrected chi connectivity index (χ4v) is 4.88. The first-order valence-electron chi connectivity index (χ1n) is 10.00. The number of nitrogens with zero attached hydrogens (tertiary/aromatic N) is 5. The first kappa shape index (κ1) is 21.9. The van der Waals surface area contributed by atoms with Crippen molar-refractivity contribution in [2.75, 3.05) is 24.7 Å². The molecule has 1 fully saturated rings. The molecular weight excluding hydrogens is 406 g/mol. The Hall–Kier alpha value is -1.78. The van der Waals surface area contributed by atoms with Crippen molar-refractivity contribution in [1.82, 2.24) is 15.8 Å². The third-order valence-corrected chi connectivity index (χ3v) is 6.51. The molecule has 0 spiro atoms. The summed E-state index contributed by atoms with van der Waals surface area (Å²) in [6.07, 6.45) is 4.15. The number of amidine groups is 2. The molecule has 8 nitrogen and oxygen atoms in total. The van der Waals surface area contributed by atoms with Gasteiger partial charge >= 0.3 is 0 Å². The molecule has 29 heavy (non-hydrogen) atoms. The van der Waals surface area contributed by atoms with Crippen LogP contribution in [0.15, 0.2) is 36.7 Å². The number of thioether (sulfide) groups is 2. The topological polar surface area (TPSA) is 89.9 Å². The average Bonchev–Trinajstić information content (AvgIpc) is 3.32. The lowest BCUT2D eigenvalue weighted by atomic mass is 10.2. The highest BCUT2D eigenvalue weighted by Gasteiger charge is 2.21. The largest absolute Gasteiger partial charge is 0.458 e. The fraction of sp³-hybridized carbons (Fsp3) is 0.579. The van der Waals surface area contributed by atoms with E-state index in [4.69, 9.17) is 4.42 Å². The minimum absolute atomic E-state index is 0.601. The van der Waals surface area contributed by atoms with Crippen molar-refractivity contribution >= 4 is 45.8 Å². The van der Waals surface area contributed by atoms with E-state index in [0.29, 0.717) is 30.6 Å². The molecule has 3 heterocycles. The number of rotatable bonds is 5. The van der Waals surface area contributed by atoms with Gasteiger partial charge in [0.05, 0.1) is 17.8 Å².